The number of fused-ring (bicyclic) bond motifs is 1. The van der Waals surface area contributed by atoms with Gasteiger partial charge in [0.25, 0.3) is 0 Å². The summed E-state index contributed by atoms with van der Waals surface area (Å²) in [6.45, 7) is 0. The van der Waals surface area contributed by atoms with Crippen LogP contribution in [0.4, 0.5) is 13.2 Å². The summed E-state index contributed by atoms with van der Waals surface area (Å²) in [5.41, 5.74) is 1.61. The van der Waals surface area contributed by atoms with Crippen molar-refractivity contribution < 1.29 is 22.7 Å². The molecular formula is C21H17F3O2. The number of aldehydes is 1. The molecule has 2 aromatic rings. The molecule has 0 aromatic heterocycles. The molecule has 1 atom stereocenters. The maximum atomic E-state index is 14.0. The number of alkyl halides is 3. The summed E-state index contributed by atoms with van der Waals surface area (Å²) in [6.07, 6.45) is -0.286. The summed E-state index contributed by atoms with van der Waals surface area (Å²) in [4.78, 5) is 11.2. The van der Waals surface area contributed by atoms with E-state index >= 15 is 0 Å². The SMILES string of the molecule is O=Cc1ccc(C2=COC(c3ccccc3)(C(F)(F)F)C2)c2c1CCC2. The van der Waals surface area contributed by atoms with Gasteiger partial charge in [0, 0.05) is 17.5 Å². The molecule has 2 aliphatic rings. The highest BCUT2D eigenvalue weighted by Gasteiger charge is 2.60. The molecule has 1 heterocycles. The fourth-order valence-corrected chi connectivity index (χ4v) is 4.04. The summed E-state index contributed by atoms with van der Waals surface area (Å²) in [5.74, 6) is 0. The Morgan fingerprint density at radius 1 is 1.00 bits per heavy atom. The van der Waals surface area contributed by atoms with Gasteiger partial charge in [-0.25, -0.2) is 0 Å². The van der Waals surface area contributed by atoms with Crippen LogP contribution in [0.3, 0.4) is 0 Å². The summed E-state index contributed by atoms with van der Waals surface area (Å²) in [6, 6.07) is 11.2. The molecule has 2 aromatic carbocycles. The van der Waals surface area contributed by atoms with E-state index in [4.69, 9.17) is 4.74 Å². The van der Waals surface area contributed by atoms with Gasteiger partial charge in [-0.3, -0.25) is 4.79 Å². The van der Waals surface area contributed by atoms with Gasteiger partial charge in [0.1, 0.15) is 6.29 Å². The van der Waals surface area contributed by atoms with Crippen LogP contribution in [-0.4, -0.2) is 12.5 Å². The molecular weight excluding hydrogens is 341 g/mol. The van der Waals surface area contributed by atoms with Crippen LogP contribution in [0.1, 0.15) is 45.5 Å². The molecule has 0 amide bonds. The maximum absolute atomic E-state index is 14.0. The highest BCUT2D eigenvalue weighted by atomic mass is 19.4. The van der Waals surface area contributed by atoms with Crippen LogP contribution in [0, 0.1) is 0 Å². The minimum Gasteiger partial charge on any atom is -0.480 e. The molecule has 134 valence electrons. The molecule has 2 nitrogen and oxygen atoms in total. The predicted molar refractivity (Wildman–Crippen MR) is 91.7 cm³/mol. The number of rotatable bonds is 3. The lowest BCUT2D eigenvalue weighted by molar-refractivity contribution is -0.260. The average molecular weight is 358 g/mol. The first kappa shape index (κ1) is 16.9. The third-order valence-corrected chi connectivity index (χ3v) is 5.33. The molecule has 4 rings (SSSR count). The van der Waals surface area contributed by atoms with Crippen molar-refractivity contribution in [2.24, 2.45) is 0 Å². The molecule has 0 bridgehead atoms. The zero-order valence-corrected chi connectivity index (χ0v) is 14.0. The van der Waals surface area contributed by atoms with E-state index in [1.165, 1.54) is 18.4 Å². The van der Waals surface area contributed by atoms with E-state index in [0.29, 0.717) is 11.1 Å². The molecule has 0 N–H and O–H groups in total. The monoisotopic (exact) mass is 358 g/mol. The minimum absolute atomic E-state index is 0.0971. The molecule has 0 saturated carbocycles. The van der Waals surface area contributed by atoms with Crippen LogP contribution in [0.2, 0.25) is 0 Å². The average Bonchev–Trinajstić information content (AvgIpc) is 3.29. The van der Waals surface area contributed by atoms with E-state index in [-0.39, 0.29) is 12.0 Å². The Morgan fingerprint density at radius 2 is 1.73 bits per heavy atom. The second-order valence-corrected chi connectivity index (χ2v) is 6.76. The quantitative estimate of drug-likeness (QED) is 0.705. The first-order chi connectivity index (χ1) is 12.5. The van der Waals surface area contributed by atoms with Crippen molar-refractivity contribution in [1.29, 1.82) is 0 Å². The van der Waals surface area contributed by atoms with Crippen LogP contribution >= 0.6 is 0 Å². The zero-order valence-electron chi connectivity index (χ0n) is 14.0. The number of hydrogen-bond donors (Lipinski definition) is 0. The van der Waals surface area contributed by atoms with E-state index in [2.05, 4.69) is 0 Å². The van der Waals surface area contributed by atoms with Crippen molar-refractivity contribution in [2.75, 3.05) is 0 Å². The van der Waals surface area contributed by atoms with Gasteiger partial charge in [-0.15, -0.1) is 0 Å². The van der Waals surface area contributed by atoms with Crippen molar-refractivity contribution in [1.82, 2.24) is 0 Å². The maximum Gasteiger partial charge on any atom is 0.432 e. The first-order valence-corrected chi connectivity index (χ1v) is 8.56. The van der Waals surface area contributed by atoms with E-state index < -0.39 is 11.8 Å². The Bertz CT molecular complexity index is 884. The Morgan fingerprint density at radius 3 is 2.42 bits per heavy atom. The number of carbonyl (C=O) groups excluding carboxylic acids is 1. The van der Waals surface area contributed by atoms with Gasteiger partial charge in [0.2, 0.25) is 5.60 Å². The van der Waals surface area contributed by atoms with Gasteiger partial charge >= 0.3 is 6.18 Å². The molecule has 0 fully saturated rings. The number of ether oxygens (including phenoxy) is 1. The van der Waals surface area contributed by atoms with Crippen LogP contribution in [-0.2, 0) is 23.2 Å². The Balaban J connectivity index is 1.76. The second kappa shape index (κ2) is 6.01. The van der Waals surface area contributed by atoms with Crippen molar-refractivity contribution in [3.05, 3.63) is 76.5 Å². The number of benzene rings is 2. The highest BCUT2D eigenvalue weighted by molar-refractivity contribution is 5.82. The topological polar surface area (TPSA) is 26.3 Å². The van der Waals surface area contributed by atoms with Crippen molar-refractivity contribution >= 4 is 11.9 Å². The fraction of sp³-hybridized carbons (Fsp3) is 0.286. The zero-order chi connectivity index (χ0) is 18.4. The van der Waals surface area contributed by atoms with Gasteiger partial charge in [-0.1, -0.05) is 42.5 Å². The molecule has 0 spiro atoms. The van der Waals surface area contributed by atoms with Crippen molar-refractivity contribution in [2.45, 2.75) is 37.5 Å². The third-order valence-electron chi connectivity index (χ3n) is 5.33. The molecule has 1 aliphatic heterocycles. The largest absolute Gasteiger partial charge is 0.480 e. The lowest BCUT2D eigenvalue weighted by atomic mass is 9.84. The molecule has 5 heteroatoms. The van der Waals surface area contributed by atoms with Crippen LogP contribution in [0.25, 0.3) is 5.57 Å². The normalized spacial score (nSPS) is 21.9. The second-order valence-electron chi connectivity index (χ2n) is 6.76. The van der Waals surface area contributed by atoms with E-state index in [1.807, 2.05) is 0 Å². The standard InChI is InChI=1S/C21H17F3O2/c22-21(23,24)20(16-5-2-1-3-6-16)11-15(13-26-20)18-10-9-14(12-25)17-7-4-8-19(17)18/h1-3,5-6,9-10,12-13H,4,7-8,11H2. The van der Waals surface area contributed by atoms with Gasteiger partial charge in [0.05, 0.1) is 6.26 Å². The predicted octanol–water partition coefficient (Wildman–Crippen LogP) is 5.21. The summed E-state index contributed by atoms with van der Waals surface area (Å²) in [7, 11) is 0. The Kier molecular flexibility index (Phi) is 3.90. The third kappa shape index (κ3) is 2.45. The van der Waals surface area contributed by atoms with Crippen LogP contribution < -0.4 is 0 Å². The van der Waals surface area contributed by atoms with E-state index in [0.717, 1.165) is 42.2 Å². The lowest BCUT2D eigenvalue weighted by Crippen LogP contribution is -2.41. The molecule has 1 aliphatic carbocycles. The smallest absolute Gasteiger partial charge is 0.432 e. The summed E-state index contributed by atoms with van der Waals surface area (Å²) >= 11 is 0. The summed E-state index contributed by atoms with van der Waals surface area (Å²) < 4.78 is 47.3. The fourth-order valence-electron chi connectivity index (χ4n) is 4.04. The van der Waals surface area contributed by atoms with Crippen molar-refractivity contribution in [3.8, 4) is 0 Å². The van der Waals surface area contributed by atoms with E-state index in [1.54, 1.807) is 30.3 Å². The Hall–Kier alpha value is -2.56. The van der Waals surface area contributed by atoms with Gasteiger partial charge in [-0.2, -0.15) is 13.2 Å². The first-order valence-electron chi connectivity index (χ1n) is 8.56. The van der Waals surface area contributed by atoms with Crippen molar-refractivity contribution in [3.63, 3.8) is 0 Å². The number of hydrogen-bond acceptors (Lipinski definition) is 2. The lowest BCUT2D eigenvalue weighted by Gasteiger charge is -2.31. The van der Waals surface area contributed by atoms with Crippen LogP contribution in [0.15, 0.2) is 48.7 Å². The van der Waals surface area contributed by atoms with Gasteiger partial charge in [0.15, 0.2) is 0 Å². The number of halogens is 3. The molecule has 0 radical (unpaired) electrons. The highest BCUT2D eigenvalue weighted by Crippen LogP contribution is 2.52. The van der Waals surface area contributed by atoms with Gasteiger partial charge in [-0.05, 0) is 41.5 Å². The summed E-state index contributed by atoms with van der Waals surface area (Å²) in [5, 5.41) is 0. The molecule has 26 heavy (non-hydrogen) atoms. The van der Waals surface area contributed by atoms with E-state index in [9.17, 15) is 18.0 Å². The molecule has 1 unspecified atom stereocenters. The minimum atomic E-state index is -4.54. The molecule has 0 saturated heterocycles. The Labute approximate surface area is 149 Å². The van der Waals surface area contributed by atoms with Crippen LogP contribution in [0.5, 0.6) is 0 Å². The van der Waals surface area contributed by atoms with Gasteiger partial charge < -0.3 is 4.74 Å². The number of carbonyl (C=O) groups is 1.